The number of allylic oxidation sites excluding steroid dienone is 2. The van der Waals surface area contributed by atoms with Crippen molar-refractivity contribution < 1.29 is 4.92 Å². The second-order valence-electron chi connectivity index (χ2n) is 3.22. The number of pyridine rings is 1. The van der Waals surface area contributed by atoms with Gasteiger partial charge >= 0.3 is 0 Å². The summed E-state index contributed by atoms with van der Waals surface area (Å²) in [4.78, 5) is 21.6. The van der Waals surface area contributed by atoms with Crippen molar-refractivity contribution in [2.24, 2.45) is 0 Å². The van der Waals surface area contributed by atoms with Gasteiger partial charge in [-0.25, -0.2) is 0 Å². The van der Waals surface area contributed by atoms with Gasteiger partial charge in [0.25, 0.3) is 11.2 Å². The Hall–Kier alpha value is -1.62. The number of aryl methyl sites for hydroxylation is 1. The van der Waals surface area contributed by atoms with Gasteiger partial charge in [-0.2, -0.15) is 0 Å². The van der Waals surface area contributed by atoms with Crippen molar-refractivity contribution in [1.29, 1.82) is 0 Å². The van der Waals surface area contributed by atoms with Crippen LogP contribution in [0.4, 0.5) is 5.69 Å². The van der Waals surface area contributed by atoms with Gasteiger partial charge in [0.2, 0.25) is 0 Å². The van der Waals surface area contributed by atoms with E-state index in [0.29, 0.717) is 11.4 Å². The highest BCUT2D eigenvalue weighted by Gasteiger charge is 2.12. The van der Waals surface area contributed by atoms with Crippen molar-refractivity contribution in [3.8, 4) is 0 Å². The highest BCUT2D eigenvalue weighted by Crippen LogP contribution is 2.13. The Bertz CT molecular complexity index is 479. The zero-order chi connectivity index (χ0) is 12.1. The molecule has 0 fully saturated rings. The van der Waals surface area contributed by atoms with E-state index in [2.05, 4.69) is 0 Å². The summed E-state index contributed by atoms with van der Waals surface area (Å²) in [5.74, 6) is 0.350. The van der Waals surface area contributed by atoms with Crippen LogP contribution in [0.2, 0.25) is 0 Å². The molecular weight excluding hydrogens is 232 g/mol. The van der Waals surface area contributed by atoms with Crippen LogP contribution in [0.1, 0.15) is 5.56 Å². The normalized spacial score (nSPS) is 10.9. The molecule has 0 amide bonds. The zero-order valence-corrected chi connectivity index (χ0v) is 9.48. The zero-order valence-electron chi connectivity index (χ0n) is 8.72. The molecule has 1 aromatic rings. The molecule has 0 aliphatic rings. The minimum atomic E-state index is -0.503. The minimum absolute atomic E-state index is 0.0566. The molecule has 0 unspecified atom stereocenters. The molecule has 0 atom stereocenters. The van der Waals surface area contributed by atoms with Crippen LogP contribution in [-0.2, 0) is 6.54 Å². The average molecular weight is 243 g/mol. The van der Waals surface area contributed by atoms with Gasteiger partial charge < -0.3 is 4.57 Å². The molecule has 0 aliphatic carbocycles. The molecule has 0 saturated carbocycles. The van der Waals surface area contributed by atoms with Gasteiger partial charge in [0, 0.05) is 24.1 Å². The Labute approximate surface area is 97.1 Å². The molecule has 1 rings (SSSR count). The molecule has 0 aromatic carbocycles. The Morgan fingerprint density at radius 1 is 1.56 bits per heavy atom. The van der Waals surface area contributed by atoms with Crippen molar-refractivity contribution in [2.45, 2.75) is 13.5 Å². The summed E-state index contributed by atoms with van der Waals surface area (Å²) >= 11 is 5.43. The van der Waals surface area contributed by atoms with Crippen LogP contribution in [0.15, 0.2) is 29.2 Å². The highest BCUT2D eigenvalue weighted by molar-refractivity contribution is 6.18. The van der Waals surface area contributed by atoms with Crippen molar-refractivity contribution in [2.75, 3.05) is 5.88 Å². The maximum atomic E-state index is 11.5. The summed E-state index contributed by atoms with van der Waals surface area (Å²) in [5.41, 5.74) is 0.0498. The molecule has 0 bridgehead atoms. The summed E-state index contributed by atoms with van der Waals surface area (Å²) in [7, 11) is 0. The molecular formula is C10H11ClN2O3. The first-order valence-corrected chi connectivity index (χ1v) is 5.16. The van der Waals surface area contributed by atoms with E-state index in [-0.39, 0.29) is 17.8 Å². The van der Waals surface area contributed by atoms with Gasteiger partial charge in [0.1, 0.15) is 0 Å². The number of rotatable bonds is 4. The quantitative estimate of drug-likeness (QED) is 0.350. The monoisotopic (exact) mass is 242 g/mol. The van der Waals surface area contributed by atoms with Gasteiger partial charge in [-0.05, 0) is 6.92 Å². The van der Waals surface area contributed by atoms with Crippen LogP contribution in [0.25, 0.3) is 0 Å². The third kappa shape index (κ3) is 2.93. The number of nitrogens with zero attached hydrogens (tertiary/aromatic N) is 2. The molecule has 5 nitrogen and oxygen atoms in total. The number of hydrogen-bond donors (Lipinski definition) is 0. The Morgan fingerprint density at radius 3 is 2.81 bits per heavy atom. The first-order valence-electron chi connectivity index (χ1n) is 4.62. The summed E-state index contributed by atoms with van der Waals surface area (Å²) in [5, 5.41) is 10.7. The first kappa shape index (κ1) is 12.4. The minimum Gasteiger partial charge on any atom is -0.305 e. The highest BCUT2D eigenvalue weighted by atomic mass is 35.5. The Balaban J connectivity index is 3.10. The number of nitro groups is 1. The third-order valence-corrected chi connectivity index (χ3v) is 2.24. The average Bonchev–Trinajstić information content (AvgIpc) is 2.21. The lowest BCUT2D eigenvalue weighted by Gasteiger charge is -2.03. The molecule has 0 radical (unpaired) electrons. The van der Waals surface area contributed by atoms with Crippen LogP contribution < -0.4 is 5.56 Å². The number of alkyl halides is 1. The van der Waals surface area contributed by atoms with E-state index in [9.17, 15) is 14.9 Å². The van der Waals surface area contributed by atoms with Gasteiger partial charge in [0.15, 0.2) is 0 Å². The summed E-state index contributed by atoms with van der Waals surface area (Å²) in [6.45, 7) is 1.82. The fourth-order valence-electron chi connectivity index (χ4n) is 1.24. The Kier molecular flexibility index (Phi) is 4.25. The summed E-state index contributed by atoms with van der Waals surface area (Å²) in [6.07, 6.45) is 4.61. The largest absolute Gasteiger partial charge is 0.305 e. The molecule has 16 heavy (non-hydrogen) atoms. The smallest absolute Gasteiger partial charge is 0.288 e. The van der Waals surface area contributed by atoms with Crippen LogP contribution in [-0.4, -0.2) is 15.4 Å². The predicted molar refractivity (Wildman–Crippen MR) is 62.0 cm³/mol. The van der Waals surface area contributed by atoms with Gasteiger partial charge in [-0.3, -0.25) is 14.9 Å². The topological polar surface area (TPSA) is 65.1 Å². The van der Waals surface area contributed by atoms with E-state index >= 15 is 0 Å². The molecule has 0 spiro atoms. The van der Waals surface area contributed by atoms with Gasteiger partial charge in [-0.1, -0.05) is 12.2 Å². The lowest BCUT2D eigenvalue weighted by molar-refractivity contribution is -0.385. The SMILES string of the molecule is Cc1cc(=O)n(CC=CCCl)cc1[N+](=O)[O-]. The second kappa shape index (κ2) is 5.46. The molecule has 0 aliphatic heterocycles. The number of aromatic nitrogens is 1. The maximum Gasteiger partial charge on any atom is 0.288 e. The van der Waals surface area contributed by atoms with E-state index in [1.54, 1.807) is 19.1 Å². The summed E-state index contributed by atoms with van der Waals surface area (Å²) < 4.78 is 1.27. The van der Waals surface area contributed by atoms with Crippen molar-refractivity contribution >= 4 is 17.3 Å². The predicted octanol–water partition coefficient (Wildman–Crippen LogP) is 1.86. The standard InChI is InChI=1S/C10H11ClN2O3/c1-8-6-10(14)12(5-3-2-4-11)7-9(8)13(15)16/h2-3,6-7H,4-5H2,1H3. The fourth-order valence-corrected chi connectivity index (χ4v) is 1.37. The molecule has 6 heteroatoms. The lowest BCUT2D eigenvalue weighted by atomic mass is 10.2. The van der Waals surface area contributed by atoms with Gasteiger partial charge in [0.05, 0.1) is 11.1 Å². The van der Waals surface area contributed by atoms with Crippen LogP contribution in [0.5, 0.6) is 0 Å². The van der Waals surface area contributed by atoms with Crippen molar-refractivity contribution in [1.82, 2.24) is 4.57 Å². The summed E-state index contributed by atoms with van der Waals surface area (Å²) in [6, 6.07) is 1.26. The van der Waals surface area contributed by atoms with Gasteiger partial charge in [-0.15, -0.1) is 11.6 Å². The number of hydrogen-bond acceptors (Lipinski definition) is 3. The Morgan fingerprint density at radius 2 is 2.25 bits per heavy atom. The molecule has 86 valence electrons. The van der Waals surface area contributed by atoms with E-state index in [1.165, 1.54) is 16.8 Å². The molecule has 1 heterocycles. The van der Waals surface area contributed by atoms with E-state index in [0.717, 1.165) is 0 Å². The second-order valence-corrected chi connectivity index (χ2v) is 3.52. The van der Waals surface area contributed by atoms with E-state index in [1.807, 2.05) is 0 Å². The molecule has 0 N–H and O–H groups in total. The lowest BCUT2D eigenvalue weighted by Crippen LogP contribution is -2.19. The number of halogens is 1. The van der Waals surface area contributed by atoms with E-state index in [4.69, 9.17) is 11.6 Å². The van der Waals surface area contributed by atoms with Crippen molar-refractivity contribution in [3.63, 3.8) is 0 Å². The van der Waals surface area contributed by atoms with Crippen LogP contribution in [0.3, 0.4) is 0 Å². The third-order valence-electron chi connectivity index (χ3n) is 2.06. The van der Waals surface area contributed by atoms with Crippen LogP contribution >= 0.6 is 11.6 Å². The van der Waals surface area contributed by atoms with E-state index < -0.39 is 4.92 Å². The molecule has 0 saturated heterocycles. The first-order chi connectivity index (χ1) is 7.56. The fraction of sp³-hybridized carbons (Fsp3) is 0.300. The molecule has 1 aromatic heterocycles. The maximum absolute atomic E-state index is 11.5. The van der Waals surface area contributed by atoms with Crippen molar-refractivity contribution in [3.05, 3.63) is 50.4 Å². The van der Waals surface area contributed by atoms with Crippen LogP contribution in [0, 0.1) is 17.0 Å².